The number of benzene rings is 2. The van der Waals surface area contributed by atoms with Crippen molar-refractivity contribution in [2.45, 2.75) is 26.4 Å². The molecule has 3 rings (SSSR count). The van der Waals surface area contributed by atoms with Gasteiger partial charge in [-0.05, 0) is 55.3 Å². The molecule has 0 saturated heterocycles. The lowest BCUT2D eigenvalue weighted by molar-refractivity contribution is 0.0696. The summed E-state index contributed by atoms with van der Waals surface area (Å²) in [5, 5.41) is 17.0. The fourth-order valence-corrected chi connectivity index (χ4v) is 3.01. The zero-order valence-electron chi connectivity index (χ0n) is 15.5. The molecule has 144 valence electrons. The molecular formula is C21H20ClN3O3. The molecule has 1 atom stereocenters. The topological polar surface area (TPSA) is 84.2 Å². The van der Waals surface area contributed by atoms with Crippen LogP contribution in [0.4, 0.5) is 0 Å². The van der Waals surface area contributed by atoms with E-state index in [0.717, 1.165) is 16.8 Å². The van der Waals surface area contributed by atoms with Crippen LogP contribution in [0.1, 0.15) is 50.6 Å². The van der Waals surface area contributed by atoms with E-state index in [2.05, 4.69) is 10.4 Å². The van der Waals surface area contributed by atoms with Gasteiger partial charge in [0.15, 0.2) is 0 Å². The highest BCUT2D eigenvalue weighted by atomic mass is 35.5. The Hall–Kier alpha value is -3.12. The molecule has 3 aromatic rings. The first-order valence-corrected chi connectivity index (χ1v) is 9.14. The van der Waals surface area contributed by atoms with Crippen LogP contribution in [0, 0.1) is 6.92 Å². The molecular weight excluding hydrogens is 378 g/mol. The quantitative estimate of drug-likeness (QED) is 0.656. The van der Waals surface area contributed by atoms with Gasteiger partial charge in [0.1, 0.15) is 5.69 Å². The molecule has 1 aromatic heterocycles. The van der Waals surface area contributed by atoms with Crippen molar-refractivity contribution in [1.29, 1.82) is 0 Å². The fraction of sp³-hybridized carbons (Fsp3) is 0.190. The van der Waals surface area contributed by atoms with Gasteiger partial charge in [0.05, 0.1) is 23.8 Å². The van der Waals surface area contributed by atoms with E-state index in [4.69, 9.17) is 16.7 Å². The van der Waals surface area contributed by atoms with Crippen LogP contribution in [0.5, 0.6) is 0 Å². The second kappa shape index (κ2) is 8.27. The van der Waals surface area contributed by atoms with Crippen LogP contribution < -0.4 is 5.32 Å². The number of nitrogens with one attached hydrogen (secondary N) is 1. The molecule has 0 aliphatic heterocycles. The zero-order valence-corrected chi connectivity index (χ0v) is 16.3. The lowest BCUT2D eigenvalue weighted by Gasteiger charge is -2.15. The maximum absolute atomic E-state index is 12.8. The van der Waals surface area contributed by atoms with Gasteiger partial charge in [0, 0.05) is 5.02 Å². The highest BCUT2D eigenvalue weighted by Gasteiger charge is 2.17. The molecule has 2 aromatic carbocycles. The summed E-state index contributed by atoms with van der Waals surface area (Å²) in [5.41, 5.74) is 3.22. The lowest BCUT2D eigenvalue weighted by Crippen LogP contribution is -2.29. The fourth-order valence-electron chi connectivity index (χ4n) is 2.88. The molecule has 1 heterocycles. The lowest BCUT2D eigenvalue weighted by atomic mass is 10.1. The number of carbonyl (C=O) groups is 2. The van der Waals surface area contributed by atoms with Crippen LogP contribution >= 0.6 is 11.6 Å². The number of hydrogen-bond donors (Lipinski definition) is 2. The minimum atomic E-state index is -0.982. The van der Waals surface area contributed by atoms with Gasteiger partial charge in [-0.2, -0.15) is 5.10 Å². The number of aromatic carboxylic acids is 1. The zero-order chi connectivity index (χ0) is 20.3. The van der Waals surface area contributed by atoms with E-state index in [1.54, 1.807) is 35.0 Å². The standard InChI is InChI=1S/C21H20ClN3O3/c1-13-11-19(25(24-13)12-15-3-9-18(22)10-4-15)20(26)23-14(2)16-5-7-17(8-6-16)21(27)28/h3-11,14H,12H2,1-2H3,(H,23,26)(H,27,28)/t14-/m0/s1. The average Bonchev–Trinajstić information content (AvgIpc) is 3.04. The number of amides is 1. The average molecular weight is 398 g/mol. The Morgan fingerprint density at radius 3 is 2.39 bits per heavy atom. The largest absolute Gasteiger partial charge is 0.478 e. The summed E-state index contributed by atoms with van der Waals surface area (Å²) in [4.78, 5) is 23.8. The highest BCUT2D eigenvalue weighted by Crippen LogP contribution is 2.16. The maximum atomic E-state index is 12.8. The number of aromatic nitrogens is 2. The molecule has 0 bridgehead atoms. The predicted octanol–water partition coefficient (Wildman–Crippen LogP) is 4.08. The van der Waals surface area contributed by atoms with Crippen molar-refractivity contribution >= 4 is 23.5 Å². The van der Waals surface area contributed by atoms with Crippen LogP contribution in [0.25, 0.3) is 0 Å². The molecule has 0 spiro atoms. The van der Waals surface area contributed by atoms with E-state index >= 15 is 0 Å². The monoisotopic (exact) mass is 397 g/mol. The number of rotatable bonds is 6. The molecule has 0 aliphatic carbocycles. The summed E-state index contributed by atoms with van der Waals surface area (Å²) in [5.74, 6) is -1.23. The third-order valence-electron chi connectivity index (χ3n) is 4.39. The number of carbonyl (C=O) groups excluding carboxylic acids is 1. The molecule has 0 saturated carbocycles. The highest BCUT2D eigenvalue weighted by molar-refractivity contribution is 6.30. The number of aryl methyl sites for hydroxylation is 1. The van der Waals surface area contributed by atoms with Crippen LogP contribution in [0.15, 0.2) is 54.6 Å². The van der Waals surface area contributed by atoms with Crippen molar-refractivity contribution in [3.8, 4) is 0 Å². The third kappa shape index (κ3) is 4.58. The number of hydrogen-bond acceptors (Lipinski definition) is 3. The summed E-state index contributed by atoms with van der Waals surface area (Å²) < 4.78 is 1.66. The van der Waals surface area contributed by atoms with Gasteiger partial charge in [-0.3, -0.25) is 9.48 Å². The first-order chi connectivity index (χ1) is 13.3. The number of carboxylic acid groups (broad SMARTS) is 1. The Morgan fingerprint density at radius 1 is 1.14 bits per heavy atom. The Balaban J connectivity index is 1.75. The SMILES string of the molecule is Cc1cc(C(=O)N[C@@H](C)c2ccc(C(=O)O)cc2)n(Cc2ccc(Cl)cc2)n1. The summed E-state index contributed by atoms with van der Waals surface area (Å²) in [6.07, 6.45) is 0. The van der Waals surface area contributed by atoms with Crippen LogP contribution in [-0.4, -0.2) is 26.8 Å². The normalized spacial score (nSPS) is 11.8. The van der Waals surface area contributed by atoms with Crippen molar-refractivity contribution in [3.05, 3.63) is 87.7 Å². The molecule has 0 aliphatic rings. The Kier molecular flexibility index (Phi) is 5.80. The first-order valence-electron chi connectivity index (χ1n) is 8.76. The minimum absolute atomic E-state index is 0.207. The Morgan fingerprint density at radius 2 is 1.79 bits per heavy atom. The minimum Gasteiger partial charge on any atom is -0.478 e. The van der Waals surface area contributed by atoms with Gasteiger partial charge >= 0.3 is 5.97 Å². The summed E-state index contributed by atoms with van der Waals surface area (Å²) in [6, 6.07) is 15.3. The molecule has 28 heavy (non-hydrogen) atoms. The van der Waals surface area contributed by atoms with Crippen LogP contribution in [0.3, 0.4) is 0 Å². The number of nitrogens with zero attached hydrogens (tertiary/aromatic N) is 2. The van der Waals surface area contributed by atoms with E-state index in [-0.39, 0.29) is 17.5 Å². The smallest absolute Gasteiger partial charge is 0.335 e. The van der Waals surface area contributed by atoms with Gasteiger partial charge in [-0.1, -0.05) is 35.9 Å². The molecule has 2 N–H and O–H groups in total. The Labute approximate surface area is 167 Å². The second-order valence-electron chi connectivity index (χ2n) is 6.58. The van der Waals surface area contributed by atoms with Gasteiger partial charge in [-0.25, -0.2) is 4.79 Å². The van der Waals surface area contributed by atoms with E-state index < -0.39 is 5.97 Å². The van der Waals surface area contributed by atoms with E-state index in [0.29, 0.717) is 17.3 Å². The second-order valence-corrected chi connectivity index (χ2v) is 7.01. The van der Waals surface area contributed by atoms with E-state index in [1.807, 2.05) is 26.0 Å². The van der Waals surface area contributed by atoms with E-state index in [1.165, 1.54) is 12.1 Å². The molecule has 0 unspecified atom stereocenters. The molecule has 6 nitrogen and oxygen atoms in total. The summed E-state index contributed by atoms with van der Waals surface area (Å²) in [7, 11) is 0. The summed E-state index contributed by atoms with van der Waals surface area (Å²) in [6.45, 7) is 4.14. The first kappa shape index (κ1) is 19.6. The molecule has 0 radical (unpaired) electrons. The van der Waals surface area contributed by atoms with Crippen molar-refractivity contribution < 1.29 is 14.7 Å². The van der Waals surface area contributed by atoms with Crippen LogP contribution in [-0.2, 0) is 6.54 Å². The molecule has 1 amide bonds. The third-order valence-corrected chi connectivity index (χ3v) is 4.64. The summed E-state index contributed by atoms with van der Waals surface area (Å²) >= 11 is 5.92. The van der Waals surface area contributed by atoms with Gasteiger partial charge < -0.3 is 10.4 Å². The van der Waals surface area contributed by atoms with Crippen molar-refractivity contribution in [2.75, 3.05) is 0 Å². The Bertz CT molecular complexity index is 995. The number of carboxylic acids is 1. The van der Waals surface area contributed by atoms with Gasteiger partial charge in [0.2, 0.25) is 0 Å². The van der Waals surface area contributed by atoms with E-state index in [9.17, 15) is 9.59 Å². The number of halogens is 1. The van der Waals surface area contributed by atoms with Crippen molar-refractivity contribution in [1.82, 2.24) is 15.1 Å². The molecule has 0 fully saturated rings. The van der Waals surface area contributed by atoms with Crippen LogP contribution in [0.2, 0.25) is 5.02 Å². The van der Waals surface area contributed by atoms with Crippen molar-refractivity contribution in [3.63, 3.8) is 0 Å². The molecule has 7 heteroatoms. The van der Waals surface area contributed by atoms with Gasteiger partial charge in [-0.15, -0.1) is 0 Å². The van der Waals surface area contributed by atoms with Crippen molar-refractivity contribution in [2.24, 2.45) is 0 Å². The predicted molar refractivity (Wildman–Crippen MR) is 107 cm³/mol. The van der Waals surface area contributed by atoms with Gasteiger partial charge in [0.25, 0.3) is 5.91 Å². The maximum Gasteiger partial charge on any atom is 0.335 e.